The van der Waals surface area contributed by atoms with Gasteiger partial charge in [0.1, 0.15) is 12.7 Å². The molecular formula is C17H20O6. The molecule has 124 valence electrons. The van der Waals surface area contributed by atoms with Crippen molar-refractivity contribution in [3.05, 3.63) is 29.8 Å². The predicted molar refractivity (Wildman–Crippen MR) is 82.7 cm³/mol. The Morgan fingerprint density at radius 3 is 2.87 bits per heavy atom. The van der Waals surface area contributed by atoms with Crippen molar-refractivity contribution in [1.29, 1.82) is 0 Å². The maximum Gasteiger partial charge on any atom is 0.331 e. The van der Waals surface area contributed by atoms with Crippen LogP contribution in [0.1, 0.15) is 31.7 Å². The van der Waals surface area contributed by atoms with Gasteiger partial charge in [-0.15, -0.1) is 0 Å². The second kappa shape index (κ2) is 7.67. The third-order valence-corrected chi connectivity index (χ3v) is 3.63. The fourth-order valence-electron chi connectivity index (χ4n) is 2.35. The first-order valence-corrected chi connectivity index (χ1v) is 7.50. The molecule has 2 rings (SSSR count). The Morgan fingerprint density at radius 1 is 1.35 bits per heavy atom. The summed E-state index contributed by atoms with van der Waals surface area (Å²) in [4.78, 5) is 23.2. The van der Waals surface area contributed by atoms with Gasteiger partial charge in [0.15, 0.2) is 11.5 Å². The number of benzene rings is 1. The molecule has 1 aromatic rings. The highest BCUT2D eigenvalue weighted by Crippen LogP contribution is 2.25. The maximum absolute atomic E-state index is 11.9. The standard InChI is InChI=1S/C17H20O6/c1-11-2-6-16(20)22-10-13(8-11)23-17(21)7-4-12-3-5-14(18)15(19)9-12/h3-5,7,9,11,13,18-19H,2,6,8,10H2,1H3/b7-4+/t11-,13-/m1/s1. The molecule has 0 saturated carbocycles. The average Bonchev–Trinajstić information content (AvgIpc) is 2.50. The van der Waals surface area contributed by atoms with Crippen LogP contribution in [-0.2, 0) is 19.1 Å². The lowest BCUT2D eigenvalue weighted by molar-refractivity contribution is -0.158. The zero-order valence-corrected chi connectivity index (χ0v) is 12.9. The third-order valence-electron chi connectivity index (χ3n) is 3.63. The Bertz CT molecular complexity index is 607. The number of esters is 2. The van der Waals surface area contributed by atoms with Crippen LogP contribution in [0, 0.1) is 5.92 Å². The number of hydrogen-bond donors (Lipinski definition) is 2. The molecule has 2 N–H and O–H groups in total. The summed E-state index contributed by atoms with van der Waals surface area (Å²) < 4.78 is 10.3. The zero-order chi connectivity index (χ0) is 16.8. The van der Waals surface area contributed by atoms with E-state index in [0.29, 0.717) is 18.4 Å². The van der Waals surface area contributed by atoms with Crippen LogP contribution < -0.4 is 0 Å². The SMILES string of the molecule is C[C@@H]1CCC(=O)OC[C@H](OC(=O)/C=C/c2ccc(O)c(O)c2)C1. The molecule has 1 aliphatic heterocycles. The van der Waals surface area contributed by atoms with Gasteiger partial charge in [0.05, 0.1) is 0 Å². The van der Waals surface area contributed by atoms with E-state index in [4.69, 9.17) is 9.47 Å². The molecule has 0 amide bonds. The monoisotopic (exact) mass is 320 g/mol. The topological polar surface area (TPSA) is 93.1 Å². The molecule has 23 heavy (non-hydrogen) atoms. The van der Waals surface area contributed by atoms with Gasteiger partial charge in [0, 0.05) is 12.5 Å². The van der Waals surface area contributed by atoms with Gasteiger partial charge in [0.25, 0.3) is 0 Å². The molecule has 0 spiro atoms. The summed E-state index contributed by atoms with van der Waals surface area (Å²) >= 11 is 0. The van der Waals surface area contributed by atoms with Crippen molar-refractivity contribution in [2.24, 2.45) is 5.92 Å². The Kier molecular flexibility index (Phi) is 5.62. The lowest BCUT2D eigenvalue weighted by Gasteiger charge is -2.23. The number of phenolic OH excluding ortho intramolecular Hbond substituents is 2. The molecule has 0 aromatic heterocycles. The van der Waals surface area contributed by atoms with Gasteiger partial charge < -0.3 is 19.7 Å². The van der Waals surface area contributed by atoms with Crippen molar-refractivity contribution in [3.63, 3.8) is 0 Å². The van der Waals surface area contributed by atoms with Crippen LogP contribution in [0.3, 0.4) is 0 Å². The number of carbonyl (C=O) groups is 2. The smallest absolute Gasteiger partial charge is 0.331 e. The summed E-state index contributed by atoms with van der Waals surface area (Å²) in [5, 5.41) is 18.6. The summed E-state index contributed by atoms with van der Waals surface area (Å²) in [7, 11) is 0. The first-order chi connectivity index (χ1) is 10.9. The predicted octanol–water partition coefficient (Wildman–Crippen LogP) is 2.39. The summed E-state index contributed by atoms with van der Waals surface area (Å²) in [6.45, 7) is 2.08. The lowest BCUT2D eigenvalue weighted by atomic mass is 9.97. The van der Waals surface area contributed by atoms with Crippen molar-refractivity contribution in [3.8, 4) is 11.5 Å². The van der Waals surface area contributed by atoms with E-state index < -0.39 is 12.1 Å². The highest BCUT2D eigenvalue weighted by molar-refractivity contribution is 5.87. The van der Waals surface area contributed by atoms with Crippen LogP contribution in [0.15, 0.2) is 24.3 Å². The van der Waals surface area contributed by atoms with Crippen LogP contribution >= 0.6 is 0 Å². The molecule has 1 aromatic carbocycles. The van der Waals surface area contributed by atoms with Crippen LogP contribution in [0.5, 0.6) is 11.5 Å². The van der Waals surface area contributed by atoms with Gasteiger partial charge in [-0.3, -0.25) is 4.79 Å². The quantitative estimate of drug-likeness (QED) is 0.504. The molecule has 0 radical (unpaired) electrons. The van der Waals surface area contributed by atoms with Gasteiger partial charge >= 0.3 is 11.9 Å². The maximum atomic E-state index is 11.9. The van der Waals surface area contributed by atoms with Gasteiger partial charge in [-0.1, -0.05) is 13.0 Å². The summed E-state index contributed by atoms with van der Waals surface area (Å²) in [6, 6.07) is 4.22. The fourth-order valence-corrected chi connectivity index (χ4v) is 2.35. The number of phenols is 2. The third kappa shape index (κ3) is 5.32. The second-order valence-electron chi connectivity index (χ2n) is 5.70. The summed E-state index contributed by atoms with van der Waals surface area (Å²) in [6.07, 6.45) is 4.00. The first kappa shape index (κ1) is 16.9. The lowest BCUT2D eigenvalue weighted by Crippen LogP contribution is -2.29. The molecular weight excluding hydrogens is 300 g/mol. The Labute approximate surface area is 134 Å². The van der Waals surface area contributed by atoms with Crippen LogP contribution in [-0.4, -0.2) is 34.9 Å². The minimum Gasteiger partial charge on any atom is -0.504 e. The van der Waals surface area contributed by atoms with Gasteiger partial charge in [-0.2, -0.15) is 0 Å². The minimum absolute atomic E-state index is 0.0722. The van der Waals surface area contributed by atoms with E-state index in [-0.39, 0.29) is 30.0 Å². The number of cyclic esters (lactones) is 1. The summed E-state index contributed by atoms with van der Waals surface area (Å²) in [5.74, 6) is -1.03. The minimum atomic E-state index is -0.550. The first-order valence-electron chi connectivity index (χ1n) is 7.50. The van der Waals surface area contributed by atoms with Crippen molar-refractivity contribution in [2.75, 3.05) is 6.61 Å². The average molecular weight is 320 g/mol. The largest absolute Gasteiger partial charge is 0.504 e. The molecule has 1 fully saturated rings. The van der Waals surface area contributed by atoms with E-state index in [0.717, 1.165) is 6.42 Å². The van der Waals surface area contributed by atoms with E-state index in [2.05, 4.69) is 0 Å². The highest BCUT2D eigenvalue weighted by atomic mass is 16.6. The van der Waals surface area contributed by atoms with Gasteiger partial charge in [-0.05, 0) is 42.5 Å². The Balaban J connectivity index is 1.93. The molecule has 0 bridgehead atoms. The van der Waals surface area contributed by atoms with Crippen molar-refractivity contribution in [1.82, 2.24) is 0 Å². The molecule has 0 unspecified atom stereocenters. The fraction of sp³-hybridized carbons (Fsp3) is 0.412. The van der Waals surface area contributed by atoms with Crippen LogP contribution in [0.2, 0.25) is 0 Å². The number of aromatic hydroxyl groups is 2. The van der Waals surface area contributed by atoms with Crippen molar-refractivity contribution in [2.45, 2.75) is 32.3 Å². The van der Waals surface area contributed by atoms with Crippen molar-refractivity contribution >= 4 is 18.0 Å². The normalized spacial score (nSPS) is 22.2. The van der Waals surface area contributed by atoms with E-state index in [1.165, 1.54) is 24.3 Å². The van der Waals surface area contributed by atoms with Crippen LogP contribution in [0.25, 0.3) is 6.08 Å². The number of rotatable bonds is 3. The van der Waals surface area contributed by atoms with E-state index in [9.17, 15) is 19.8 Å². The Morgan fingerprint density at radius 2 is 2.13 bits per heavy atom. The van der Waals surface area contributed by atoms with Gasteiger partial charge in [0.2, 0.25) is 0 Å². The number of carbonyl (C=O) groups excluding carboxylic acids is 2. The number of ether oxygens (including phenoxy) is 2. The van der Waals surface area contributed by atoms with Gasteiger partial charge in [-0.25, -0.2) is 4.79 Å². The van der Waals surface area contributed by atoms with E-state index in [1.807, 2.05) is 6.92 Å². The highest BCUT2D eigenvalue weighted by Gasteiger charge is 2.22. The van der Waals surface area contributed by atoms with Crippen LogP contribution in [0.4, 0.5) is 0 Å². The molecule has 1 aliphatic rings. The summed E-state index contributed by atoms with van der Waals surface area (Å²) in [5.41, 5.74) is 0.551. The second-order valence-corrected chi connectivity index (χ2v) is 5.70. The molecule has 6 heteroatoms. The Hall–Kier alpha value is -2.50. The molecule has 6 nitrogen and oxygen atoms in total. The van der Waals surface area contributed by atoms with E-state index in [1.54, 1.807) is 6.07 Å². The van der Waals surface area contributed by atoms with Crippen molar-refractivity contribution < 1.29 is 29.3 Å². The molecule has 2 atom stereocenters. The molecule has 1 heterocycles. The molecule has 0 aliphatic carbocycles. The molecule has 1 saturated heterocycles. The number of hydrogen-bond acceptors (Lipinski definition) is 6. The zero-order valence-electron chi connectivity index (χ0n) is 12.9. The van der Waals surface area contributed by atoms with E-state index >= 15 is 0 Å².